The number of pyridine rings is 1. The number of carbonyl (C=O) groups is 1. The summed E-state index contributed by atoms with van der Waals surface area (Å²) >= 11 is 6.12. The van der Waals surface area contributed by atoms with Gasteiger partial charge in [-0.25, -0.2) is 9.78 Å². The van der Waals surface area contributed by atoms with E-state index in [0.29, 0.717) is 22.8 Å². The van der Waals surface area contributed by atoms with Crippen molar-refractivity contribution in [3.05, 3.63) is 87.1 Å². The van der Waals surface area contributed by atoms with Gasteiger partial charge in [-0.3, -0.25) is 4.79 Å². The number of aromatic nitrogens is 3. The van der Waals surface area contributed by atoms with E-state index >= 15 is 0 Å². The molecule has 0 aliphatic rings. The molecule has 4 rings (SSSR count). The van der Waals surface area contributed by atoms with Crippen LogP contribution in [0.4, 0.5) is 0 Å². The molecule has 164 valence electrons. The van der Waals surface area contributed by atoms with Crippen molar-refractivity contribution in [2.45, 2.75) is 32.7 Å². The van der Waals surface area contributed by atoms with Crippen LogP contribution in [0.3, 0.4) is 0 Å². The number of rotatable bonds is 7. The molecule has 0 bridgehead atoms. The first kappa shape index (κ1) is 21.8. The zero-order valence-electron chi connectivity index (χ0n) is 18.0. The van der Waals surface area contributed by atoms with E-state index in [-0.39, 0.29) is 11.5 Å². The molecule has 0 aliphatic carbocycles. The molecule has 2 aromatic carbocycles. The number of benzene rings is 2. The van der Waals surface area contributed by atoms with Crippen molar-refractivity contribution in [2.75, 3.05) is 7.11 Å². The Bertz CT molecular complexity index is 1320. The zero-order chi connectivity index (χ0) is 22.7. The highest BCUT2D eigenvalue weighted by atomic mass is 35.5. The molecule has 7 heteroatoms. The Morgan fingerprint density at radius 1 is 1.16 bits per heavy atom. The summed E-state index contributed by atoms with van der Waals surface area (Å²) in [4.78, 5) is 31.7. The molecule has 0 atom stereocenters. The molecule has 2 heterocycles. The maximum atomic E-state index is 12.4. The third-order valence-corrected chi connectivity index (χ3v) is 5.69. The van der Waals surface area contributed by atoms with E-state index in [1.165, 1.54) is 7.11 Å². The van der Waals surface area contributed by atoms with E-state index in [1.807, 2.05) is 42.5 Å². The monoisotopic (exact) mass is 449 g/mol. The second kappa shape index (κ2) is 9.40. The van der Waals surface area contributed by atoms with E-state index in [2.05, 4.69) is 21.5 Å². The maximum absolute atomic E-state index is 12.4. The molecular weight excluding hydrogens is 426 g/mol. The second-order valence-electron chi connectivity index (χ2n) is 7.63. The number of hydrogen-bond acceptors (Lipinski definition) is 4. The van der Waals surface area contributed by atoms with Gasteiger partial charge in [-0.1, -0.05) is 67.4 Å². The molecule has 0 saturated carbocycles. The number of unbranched alkanes of at least 4 members (excludes halogenated alkanes) is 1. The van der Waals surface area contributed by atoms with Crippen LogP contribution < -0.4 is 5.56 Å². The van der Waals surface area contributed by atoms with Crippen LogP contribution in [0.5, 0.6) is 0 Å². The number of aryl methyl sites for hydroxylation is 1. The largest absolute Gasteiger partial charge is 0.465 e. The number of halogens is 1. The standard InChI is InChI=1S/C25H24ClN3O3/c1-3-4-9-22-28-23-20(14-21(26)27-24(23)30)29(22)15-16-10-12-17(13-11-16)18-7-5-6-8-19(18)25(31)32-2/h5-8,10-14H,3-4,9,15H2,1-2H3,(H,27,30). The van der Waals surface area contributed by atoms with Crippen molar-refractivity contribution in [3.63, 3.8) is 0 Å². The molecule has 0 aliphatic heterocycles. The lowest BCUT2D eigenvalue weighted by molar-refractivity contribution is 0.0601. The Morgan fingerprint density at radius 2 is 1.91 bits per heavy atom. The van der Waals surface area contributed by atoms with Gasteiger partial charge in [0.05, 0.1) is 18.2 Å². The first-order valence-electron chi connectivity index (χ1n) is 10.6. The number of methoxy groups -OCH3 is 1. The van der Waals surface area contributed by atoms with E-state index in [1.54, 1.807) is 12.1 Å². The third kappa shape index (κ3) is 4.32. The van der Waals surface area contributed by atoms with Gasteiger partial charge in [0.2, 0.25) is 0 Å². The fraction of sp³-hybridized carbons (Fsp3) is 0.240. The van der Waals surface area contributed by atoms with E-state index in [4.69, 9.17) is 16.3 Å². The zero-order valence-corrected chi connectivity index (χ0v) is 18.8. The second-order valence-corrected chi connectivity index (χ2v) is 8.04. The molecule has 32 heavy (non-hydrogen) atoms. The Kier molecular flexibility index (Phi) is 6.42. The number of ether oxygens (including phenoxy) is 1. The van der Waals surface area contributed by atoms with Gasteiger partial charge in [0, 0.05) is 13.0 Å². The summed E-state index contributed by atoms with van der Waals surface area (Å²) < 4.78 is 6.97. The number of esters is 1. The van der Waals surface area contributed by atoms with Gasteiger partial charge in [-0.05, 0) is 35.2 Å². The molecule has 0 fully saturated rings. The third-order valence-electron chi connectivity index (χ3n) is 5.49. The van der Waals surface area contributed by atoms with Gasteiger partial charge in [-0.15, -0.1) is 0 Å². The molecule has 1 N–H and O–H groups in total. The van der Waals surface area contributed by atoms with Crippen LogP contribution in [0.2, 0.25) is 5.15 Å². The minimum atomic E-state index is -0.364. The Labute approximate surface area is 190 Å². The molecular formula is C25H24ClN3O3. The summed E-state index contributed by atoms with van der Waals surface area (Å²) in [5, 5.41) is 0.292. The minimum absolute atomic E-state index is 0.279. The number of hydrogen-bond donors (Lipinski definition) is 1. The first-order chi connectivity index (χ1) is 15.5. The number of nitrogens with one attached hydrogen (secondary N) is 1. The molecule has 0 spiro atoms. The van der Waals surface area contributed by atoms with Crippen LogP contribution in [-0.2, 0) is 17.7 Å². The number of aromatic amines is 1. The van der Waals surface area contributed by atoms with Crippen LogP contribution in [0.15, 0.2) is 59.4 Å². The van der Waals surface area contributed by atoms with Gasteiger partial charge in [0.25, 0.3) is 5.56 Å². The van der Waals surface area contributed by atoms with Gasteiger partial charge >= 0.3 is 5.97 Å². The van der Waals surface area contributed by atoms with Crippen molar-refractivity contribution < 1.29 is 9.53 Å². The lowest BCUT2D eigenvalue weighted by atomic mass is 9.98. The highest BCUT2D eigenvalue weighted by Crippen LogP contribution is 2.26. The summed E-state index contributed by atoms with van der Waals surface area (Å²) in [6, 6.07) is 17.1. The van der Waals surface area contributed by atoms with Crippen LogP contribution in [0, 0.1) is 0 Å². The van der Waals surface area contributed by atoms with Crippen molar-refractivity contribution in [1.29, 1.82) is 0 Å². The van der Waals surface area contributed by atoms with Crippen LogP contribution in [-0.4, -0.2) is 27.6 Å². The Balaban J connectivity index is 1.70. The first-order valence-corrected chi connectivity index (χ1v) is 10.9. The number of fused-ring (bicyclic) bond motifs is 1. The van der Waals surface area contributed by atoms with Crippen molar-refractivity contribution in [2.24, 2.45) is 0 Å². The average Bonchev–Trinajstić information content (AvgIpc) is 3.15. The summed E-state index contributed by atoms with van der Waals surface area (Å²) in [5.74, 6) is 0.506. The summed E-state index contributed by atoms with van der Waals surface area (Å²) in [7, 11) is 1.38. The summed E-state index contributed by atoms with van der Waals surface area (Å²) in [5.41, 5.74) is 4.18. The number of nitrogens with zero attached hydrogens (tertiary/aromatic N) is 2. The highest BCUT2D eigenvalue weighted by Gasteiger charge is 2.16. The molecule has 0 amide bonds. The number of imidazole rings is 1. The number of H-pyrrole nitrogens is 1. The van der Waals surface area contributed by atoms with Crippen molar-refractivity contribution >= 4 is 28.6 Å². The Morgan fingerprint density at radius 3 is 2.62 bits per heavy atom. The van der Waals surface area contributed by atoms with Crippen LogP contribution in [0.1, 0.15) is 41.5 Å². The molecule has 6 nitrogen and oxygen atoms in total. The van der Waals surface area contributed by atoms with Crippen molar-refractivity contribution in [1.82, 2.24) is 14.5 Å². The lowest BCUT2D eigenvalue weighted by Crippen LogP contribution is -2.08. The lowest BCUT2D eigenvalue weighted by Gasteiger charge is -2.11. The average molecular weight is 450 g/mol. The SMILES string of the molecule is CCCCc1nc2c(=O)[nH]c(Cl)cc2n1Cc1ccc(-c2ccccc2C(=O)OC)cc1. The normalized spacial score (nSPS) is 11.1. The summed E-state index contributed by atoms with van der Waals surface area (Å²) in [6.45, 7) is 2.69. The van der Waals surface area contributed by atoms with Crippen LogP contribution in [0.25, 0.3) is 22.2 Å². The quantitative estimate of drug-likeness (QED) is 0.310. The van der Waals surface area contributed by atoms with Gasteiger partial charge in [0.15, 0.2) is 5.52 Å². The van der Waals surface area contributed by atoms with E-state index < -0.39 is 0 Å². The van der Waals surface area contributed by atoms with E-state index in [9.17, 15) is 9.59 Å². The van der Waals surface area contributed by atoms with Gasteiger partial charge in [-0.2, -0.15) is 0 Å². The maximum Gasteiger partial charge on any atom is 0.338 e. The van der Waals surface area contributed by atoms with Crippen LogP contribution >= 0.6 is 11.6 Å². The molecule has 0 radical (unpaired) electrons. The Hall–Kier alpha value is -3.38. The van der Waals surface area contributed by atoms with Gasteiger partial charge in [0.1, 0.15) is 11.0 Å². The predicted octanol–water partition coefficient (Wildman–Crippen LogP) is 5.22. The highest BCUT2D eigenvalue weighted by molar-refractivity contribution is 6.29. The minimum Gasteiger partial charge on any atom is -0.465 e. The molecule has 4 aromatic rings. The molecule has 0 saturated heterocycles. The van der Waals surface area contributed by atoms with E-state index in [0.717, 1.165) is 47.3 Å². The predicted molar refractivity (Wildman–Crippen MR) is 126 cm³/mol. The van der Waals surface area contributed by atoms with Crippen molar-refractivity contribution in [3.8, 4) is 11.1 Å². The molecule has 0 unspecified atom stereocenters. The number of carbonyl (C=O) groups excluding carboxylic acids is 1. The van der Waals surface area contributed by atoms with Gasteiger partial charge < -0.3 is 14.3 Å². The fourth-order valence-electron chi connectivity index (χ4n) is 3.85. The smallest absolute Gasteiger partial charge is 0.338 e. The topological polar surface area (TPSA) is 77.0 Å². The molecule has 2 aromatic heterocycles. The summed E-state index contributed by atoms with van der Waals surface area (Å²) in [6.07, 6.45) is 2.81. The fourth-order valence-corrected chi connectivity index (χ4v) is 4.04.